The van der Waals surface area contributed by atoms with E-state index in [0.717, 1.165) is 52.4 Å². The lowest BCUT2D eigenvalue weighted by molar-refractivity contribution is 0.0531. The number of aliphatic hydroxyl groups is 1. The largest absolute Gasteiger partial charge is 0.492 e. The fraction of sp³-hybridized carbons (Fsp3) is 0.379. The molecular weight excluding hydrogens is 436 g/mol. The number of piperidine rings is 1. The highest BCUT2D eigenvalue weighted by Gasteiger charge is 2.21. The lowest BCUT2D eigenvalue weighted by Crippen LogP contribution is -2.33. The van der Waals surface area contributed by atoms with Crippen molar-refractivity contribution in [3.8, 4) is 28.0 Å². The van der Waals surface area contributed by atoms with E-state index in [1.165, 1.54) is 32.4 Å². The zero-order chi connectivity index (χ0) is 24.3. The first-order chi connectivity index (χ1) is 17.0. The standard InChI is InChI=1S/C29H34N4O2/c1-3-29(2,34)25-9-7-8-23(18-25)27-20-31-33-21-24(19-30-28(27)33)22-10-12-26(13-11-22)35-17-16-32-14-5-4-6-15-32/h7-13,18-21,34H,3-6,14-17H2,1-2H3. The van der Waals surface area contributed by atoms with E-state index in [9.17, 15) is 5.11 Å². The van der Waals surface area contributed by atoms with Crippen LogP contribution in [0.4, 0.5) is 0 Å². The Bertz CT molecular complexity index is 1270. The molecule has 5 rings (SSSR count). The van der Waals surface area contributed by atoms with Crippen molar-refractivity contribution in [2.75, 3.05) is 26.2 Å². The van der Waals surface area contributed by atoms with Gasteiger partial charge in [0.15, 0.2) is 5.65 Å². The molecule has 0 radical (unpaired) electrons. The number of fused-ring (bicyclic) bond motifs is 1. The maximum Gasteiger partial charge on any atom is 0.162 e. The number of nitrogens with zero attached hydrogens (tertiary/aromatic N) is 4. The van der Waals surface area contributed by atoms with Gasteiger partial charge in [0.05, 0.1) is 11.8 Å². The quantitative estimate of drug-likeness (QED) is 0.366. The van der Waals surface area contributed by atoms with Crippen LogP contribution in [-0.2, 0) is 5.60 Å². The summed E-state index contributed by atoms with van der Waals surface area (Å²) in [7, 11) is 0. The second-order valence-electron chi connectivity index (χ2n) is 9.65. The molecular formula is C29H34N4O2. The van der Waals surface area contributed by atoms with E-state index in [0.29, 0.717) is 6.42 Å². The van der Waals surface area contributed by atoms with E-state index in [2.05, 4.69) is 22.1 Å². The monoisotopic (exact) mass is 470 g/mol. The molecule has 2 aromatic heterocycles. The van der Waals surface area contributed by atoms with E-state index >= 15 is 0 Å². The van der Waals surface area contributed by atoms with Crippen molar-refractivity contribution in [1.82, 2.24) is 19.5 Å². The van der Waals surface area contributed by atoms with Crippen molar-refractivity contribution >= 4 is 5.65 Å². The van der Waals surface area contributed by atoms with Crippen LogP contribution >= 0.6 is 0 Å². The molecule has 3 heterocycles. The summed E-state index contributed by atoms with van der Waals surface area (Å²) < 4.78 is 7.79. The molecule has 6 heteroatoms. The Morgan fingerprint density at radius 2 is 1.77 bits per heavy atom. The van der Waals surface area contributed by atoms with Crippen molar-refractivity contribution < 1.29 is 9.84 Å². The van der Waals surface area contributed by atoms with Gasteiger partial charge in [-0.2, -0.15) is 5.10 Å². The van der Waals surface area contributed by atoms with Gasteiger partial charge in [-0.05, 0) is 74.2 Å². The van der Waals surface area contributed by atoms with Crippen molar-refractivity contribution in [1.29, 1.82) is 0 Å². The third kappa shape index (κ3) is 5.24. The van der Waals surface area contributed by atoms with Gasteiger partial charge in [-0.25, -0.2) is 9.50 Å². The van der Waals surface area contributed by atoms with E-state index in [4.69, 9.17) is 9.72 Å². The SMILES string of the molecule is CCC(C)(O)c1cccc(-c2cnn3cc(-c4ccc(OCCN5CCCCC5)cc4)cnc23)c1. The minimum Gasteiger partial charge on any atom is -0.492 e. The molecule has 2 aromatic carbocycles. The summed E-state index contributed by atoms with van der Waals surface area (Å²) in [4.78, 5) is 7.22. The summed E-state index contributed by atoms with van der Waals surface area (Å²) in [5.74, 6) is 0.893. The zero-order valence-electron chi connectivity index (χ0n) is 20.7. The van der Waals surface area contributed by atoms with Gasteiger partial charge in [0.25, 0.3) is 0 Å². The minimum atomic E-state index is -0.858. The van der Waals surface area contributed by atoms with E-state index in [-0.39, 0.29) is 0 Å². The molecule has 0 saturated carbocycles. The molecule has 1 N–H and O–H groups in total. The van der Waals surface area contributed by atoms with Crippen molar-refractivity contribution in [2.24, 2.45) is 0 Å². The predicted octanol–water partition coefficient (Wildman–Crippen LogP) is 5.55. The zero-order valence-corrected chi connectivity index (χ0v) is 20.7. The van der Waals surface area contributed by atoms with Crippen molar-refractivity contribution in [3.05, 3.63) is 72.7 Å². The molecule has 182 valence electrons. The molecule has 6 nitrogen and oxygen atoms in total. The Kier molecular flexibility index (Phi) is 6.84. The number of hydrogen-bond donors (Lipinski definition) is 1. The first-order valence-electron chi connectivity index (χ1n) is 12.7. The predicted molar refractivity (Wildman–Crippen MR) is 140 cm³/mol. The van der Waals surface area contributed by atoms with Crippen LogP contribution < -0.4 is 4.74 Å². The van der Waals surface area contributed by atoms with Crippen LogP contribution in [-0.4, -0.2) is 50.8 Å². The Hall–Kier alpha value is -3.22. The highest BCUT2D eigenvalue weighted by Crippen LogP contribution is 2.31. The fourth-order valence-corrected chi connectivity index (χ4v) is 4.67. The molecule has 0 bridgehead atoms. The number of ether oxygens (including phenoxy) is 1. The smallest absolute Gasteiger partial charge is 0.162 e. The van der Waals surface area contributed by atoms with Gasteiger partial charge in [-0.15, -0.1) is 0 Å². The molecule has 1 aliphatic heterocycles. The van der Waals surface area contributed by atoms with Gasteiger partial charge >= 0.3 is 0 Å². The average Bonchev–Trinajstić information content (AvgIpc) is 3.33. The van der Waals surface area contributed by atoms with Crippen molar-refractivity contribution in [2.45, 2.75) is 45.1 Å². The summed E-state index contributed by atoms with van der Waals surface area (Å²) in [5.41, 5.74) is 4.84. The lowest BCUT2D eigenvalue weighted by Gasteiger charge is -2.26. The first kappa shape index (κ1) is 23.5. The van der Waals surface area contributed by atoms with Crippen LogP contribution in [0.5, 0.6) is 5.75 Å². The number of benzene rings is 2. The van der Waals surface area contributed by atoms with E-state index in [1.54, 1.807) is 0 Å². The van der Waals surface area contributed by atoms with Crippen LogP contribution in [0.3, 0.4) is 0 Å². The normalized spacial score (nSPS) is 16.3. The summed E-state index contributed by atoms with van der Waals surface area (Å²) in [5, 5.41) is 15.2. The third-order valence-corrected chi connectivity index (χ3v) is 7.15. The van der Waals surface area contributed by atoms with Crippen LogP contribution in [0.15, 0.2) is 67.1 Å². The van der Waals surface area contributed by atoms with Crippen LogP contribution in [0.25, 0.3) is 27.9 Å². The Labute approximate surface area is 207 Å². The first-order valence-corrected chi connectivity index (χ1v) is 12.7. The van der Waals surface area contributed by atoms with Crippen LogP contribution in [0.2, 0.25) is 0 Å². The van der Waals surface area contributed by atoms with E-state index < -0.39 is 5.60 Å². The Morgan fingerprint density at radius 3 is 2.54 bits per heavy atom. The molecule has 0 spiro atoms. The molecule has 1 aliphatic rings. The molecule has 1 fully saturated rings. The molecule has 0 aliphatic carbocycles. The van der Waals surface area contributed by atoms with E-state index in [1.807, 2.05) is 73.4 Å². The molecule has 0 amide bonds. The average molecular weight is 471 g/mol. The number of hydrogen-bond acceptors (Lipinski definition) is 5. The van der Waals surface area contributed by atoms with Crippen LogP contribution in [0, 0.1) is 0 Å². The van der Waals surface area contributed by atoms with Gasteiger partial charge in [-0.3, -0.25) is 4.90 Å². The highest BCUT2D eigenvalue weighted by atomic mass is 16.5. The summed E-state index contributed by atoms with van der Waals surface area (Å²) in [6, 6.07) is 16.2. The lowest BCUT2D eigenvalue weighted by atomic mass is 9.91. The van der Waals surface area contributed by atoms with Gasteiger partial charge in [0.2, 0.25) is 0 Å². The fourth-order valence-electron chi connectivity index (χ4n) is 4.67. The third-order valence-electron chi connectivity index (χ3n) is 7.15. The molecule has 4 aromatic rings. The summed E-state index contributed by atoms with van der Waals surface area (Å²) in [6.07, 6.45) is 10.3. The Morgan fingerprint density at radius 1 is 0.971 bits per heavy atom. The number of likely N-dealkylation sites (tertiary alicyclic amines) is 1. The molecule has 35 heavy (non-hydrogen) atoms. The second-order valence-corrected chi connectivity index (χ2v) is 9.65. The maximum absolute atomic E-state index is 10.7. The maximum atomic E-state index is 10.7. The molecule has 1 atom stereocenters. The van der Waals surface area contributed by atoms with Crippen molar-refractivity contribution in [3.63, 3.8) is 0 Å². The topological polar surface area (TPSA) is 62.9 Å². The highest BCUT2D eigenvalue weighted by molar-refractivity contribution is 5.78. The van der Waals surface area contributed by atoms with Gasteiger partial charge in [-0.1, -0.05) is 43.7 Å². The van der Waals surface area contributed by atoms with Gasteiger partial charge in [0.1, 0.15) is 12.4 Å². The summed E-state index contributed by atoms with van der Waals surface area (Å²) >= 11 is 0. The number of rotatable bonds is 8. The summed E-state index contributed by atoms with van der Waals surface area (Å²) in [6.45, 7) is 7.92. The van der Waals surface area contributed by atoms with Gasteiger partial charge < -0.3 is 9.84 Å². The minimum absolute atomic E-state index is 0.648. The second kappa shape index (κ2) is 10.2. The molecule has 1 saturated heterocycles. The molecule has 1 unspecified atom stereocenters. The number of aromatic nitrogens is 3. The van der Waals surface area contributed by atoms with Gasteiger partial charge in [0, 0.05) is 30.1 Å². The van der Waals surface area contributed by atoms with Crippen LogP contribution in [0.1, 0.15) is 45.1 Å². The Balaban J connectivity index is 1.30.